The summed E-state index contributed by atoms with van der Waals surface area (Å²) in [6.07, 6.45) is 9.28. The molecule has 0 bridgehead atoms. The molecule has 2 saturated carbocycles. The molecule has 1 saturated heterocycles. The van der Waals surface area contributed by atoms with Gasteiger partial charge in [0.15, 0.2) is 0 Å². The molecule has 206 valence electrons. The molecule has 2 amide bonds. The first-order chi connectivity index (χ1) is 18.8. The summed E-state index contributed by atoms with van der Waals surface area (Å²) in [5, 5.41) is 3.49. The number of piperidine rings is 1. The molecule has 1 heterocycles. The fraction of sp³-hybridized carbons (Fsp3) is 0.529. The minimum Gasteiger partial charge on any atom is -0.497 e. The normalized spacial score (nSPS) is 34.3. The summed E-state index contributed by atoms with van der Waals surface area (Å²) in [5.74, 6) is 2.98. The monoisotopic (exact) mass is 526 g/mol. The third-order valence-electron chi connectivity index (χ3n) is 11.2. The second kappa shape index (κ2) is 9.83. The Kier molecular flexibility index (Phi) is 6.60. The van der Waals surface area contributed by atoms with Crippen molar-refractivity contribution in [2.75, 3.05) is 14.2 Å². The highest BCUT2D eigenvalue weighted by molar-refractivity contribution is 5.81. The SMILES string of the molecule is COc1ccc(C(NC(=O)[C@H]2CC[C@H]3[C@@H]4CC=C5N(C)C(=O)CC[C@]5(C)[C@H]4CC[C@]23C)c2ccccc2)cc1. The van der Waals surface area contributed by atoms with E-state index in [1.807, 2.05) is 42.3 Å². The van der Waals surface area contributed by atoms with Gasteiger partial charge in [-0.15, -0.1) is 0 Å². The van der Waals surface area contributed by atoms with Crippen molar-refractivity contribution >= 4 is 11.8 Å². The van der Waals surface area contributed by atoms with E-state index in [0.29, 0.717) is 24.2 Å². The van der Waals surface area contributed by atoms with Crippen LogP contribution in [0.5, 0.6) is 5.75 Å². The smallest absolute Gasteiger partial charge is 0.226 e. The average Bonchev–Trinajstić information content (AvgIpc) is 3.32. The Labute approximate surface area is 233 Å². The molecule has 0 spiro atoms. The number of likely N-dealkylation sites (tertiary alicyclic amines) is 1. The lowest BCUT2D eigenvalue weighted by Gasteiger charge is -2.58. The summed E-state index contributed by atoms with van der Waals surface area (Å²) in [6, 6.07) is 18.1. The number of fused-ring (bicyclic) bond motifs is 5. The predicted molar refractivity (Wildman–Crippen MR) is 153 cm³/mol. The Bertz CT molecular complexity index is 1270. The molecule has 1 aliphatic heterocycles. The minimum absolute atomic E-state index is 0.00445. The number of carbonyl (C=O) groups excluding carboxylic acids is 2. The number of nitrogens with one attached hydrogen (secondary N) is 1. The van der Waals surface area contributed by atoms with Gasteiger partial charge in [0.25, 0.3) is 0 Å². The summed E-state index contributed by atoms with van der Waals surface area (Å²) >= 11 is 0. The Balaban J connectivity index is 1.25. The maximum atomic E-state index is 14.1. The maximum Gasteiger partial charge on any atom is 0.226 e. The zero-order valence-corrected chi connectivity index (χ0v) is 23.8. The molecule has 0 radical (unpaired) electrons. The topological polar surface area (TPSA) is 58.6 Å². The van der Waals surface area contributed by atoms with E-state index in [0.717, 1.165) is 55.4 Å². The minimum atomic E-state index is -0.196. The first-order valence-electron chi connectivity index (χ1n) is 14.7. The van der Waals surface area contributed by atoms with Gasteiger partial charge in [0.2, 0.25) is 11.8 Å². The van der Waals surface area contributed by atoms with Crippen LogP contribution in [0.15, 0.2) is 66.4 Å². The van der Waals surface area contributed by atoms with Crippen molar-refractivity contribution in [2.45, 2.75) is 64.8 Å². The molecule has 1 N–H and O–H groups in total. The number of benzene rings is 2. The van der Waals surface area contributed by atoms with Crippen LogP contribution in [0.1, 0.15) is 76.0 Å². The maximum absolute atomic E-state index is 14.1. The van der Waals surface area contributed by atoms with Crippen LogP contribution in [-0.2, 0) is 9.59 Å². The number of hydrogen-bond acceptors (Lipinski definition) is 3. The van der Waals surface area contributed by atoms with E-state index in [1.54, 1.807) is 7.11 Å². The fourth-order valence-electron chi connectivity index (χ4n) is 9.05. The van der Waals surface area contributed by atoms with Crippen molar-refractivity contribution in [3.63, 3.8) is 0 Å². The van der Waals surface area contributed by atoms with E-state index < -0.39 is 0 Å². The van der Waals surface area contributed by atoms with Crippen LogP contribution in [0.2, 0.25) is 0 Å². The van der Waals surface area contributed by atoms with Gasteiger partial charge in [-0.1, -0.05) is 62.4 Å². The molecule has 5 nitrogen and oxygen atoms in total. The number of amides is 2. The number of carbonyl (C=O) groups is 2. The van der Waals surface area contributed by atoms with E-state index in [4.69, 9.17) is 4.74 Å². The Hall–Kier alpha value is -3.08. The van der Waals surface area contributed by atoms with Crippen LogP contribution >= 0.6 is 0 Å². The molecule has 1 unspecified atom stereocenters. The van der Waals surface area contributed by atoms with Gasteiger partial charge in [-0.2, -0.15) is 0 Å². The molecular weight excluding hydrogens is 484 g/mol. The van der Waals surface area contributed by atoms with Crippen LogP contribution in [0.4, 0.5) is 0 Å². The molecule has 0 aromatic heterocycles. The third-order valence-corrected chi connectivity index (χ3v) is 11.2. The van der Waals surface area contributed by atoms with Crippen molar-refractivity contribution in [3.05, 3.63) is 77.5 Å². The lowest BCUT2D eigenvalue weighted by atomic mass is 9.49. The van der Waals surface area contributed by atoms with Gasteiger partial charge in [0.1, 0.15) is 5.75 Å². The zero-order valence-electron chi connectivity index (χ0n) is 23.8. The summed E-state index contributed by atoms with van der Waals surface area (Å²) < 4.78 is 5.37. The lowest BCUT2D eigenvalue weighted by Crippen LogP contribution is -2.54. The third kappa shape index (κ3) is 4.20. The van der Waals surface area contributed by atoms with E-state index in [-0.39, 0.29) is 34.6 Å². The number of nitrogens with zero attached hydrogens (tertiary/aromatic N) is 1. The Morgan fingerprint density at radius 3 is 2.41 bits per heavy atom. The molecule has 5 heteroatoms. The van der Waals surface area contributed by atoms with E-state index in [1.165, 1.54) is 5.70 Å². The van der Waals surface area contributed by atoms with Crippen molar-refractivity contribution in [1.82, 2.24) is 10.2 Å². The summed E-state index contributed by atoms with van der Waals surface area (Å²) in [6.45, 7) is 4.80. The van der Waals surface area contributed by atoms with Crippen molar-refractivity contribution in [2.24, 2.45) is 34.5 Å². The summed E-state index contributed by atoms with van der Waals surface area (Å²) in [4.78, 5) is 28.5. The Morgan fingerprint density at radius 2 is 1.69 bits per heavy atom. The molecule has 3 aliphatic carbocycles. The Morgan fingerprint density at radius 1 is 0.974 bits per heavy atom. The van der Waals surface area contributed by atoms with Gasteiger partial charge in [-0.05, 0) is 85.0 Å². The standard InChI is InChI=1S/C34H42N2O3/c1-33-20-18-27-25(14-17-29-34(27,2)21-19-30(37)36(29)3)26(33)15-16-28(33)32(38)35-31(22-8-6-5-7-9-22)23-10-12-24(39-4)13-11-23/h5-13,17,25-28,31H,14-16,18-21H2,1-4H3,(H,35,38)/t25-,26-,27-,28+,31?,33-,34+/m0/s1. The first-order valence-corrected chi connectivity index (χ1v) is 14.7. The zero-order chi connectivity index (χ0) is 27.4. The summed E-state index contributed by atoms with van der Waals surface area (Å²) in [5.41, 5.74) is 3.48. The van der Waals surface area contributed by atoms with Gasteiger partial charge in [0, 0.05) is 30.5 Å². The van der Waals surface area contributed by atoms with Gasteiger partial charge in [-0.25, -0.2) is 0 Å². The number of allylic oxidation sites excluding steroid dienone is 2. The molecule has 2 aromatic rings. The van der Waals surface area contributed by atoms with Crippen LogP contribution in [0.25, 0.3) is 0 Å². The molecule has 7 atom stereocenters. The molecule has 39 heavy (non-hydrogen) atoms. The second-order valence-electron chi connectivity index (χ2n) is 12.9. The van der Waals surface area contributed by atoms with Gasteiger partial charge in [0.05, 0.1) is 13.2 Å². The van der Waals surface area contributed by atoms with Crippen LogP contribution in [0.3, 0.4) is 0 Å². The van der Waals surface area contributed by atoms with Crippen LogP contribution < -0.4 is 10.1 Å². The highest BCUT2D eigenvalue weighted by Crippen LogP contribution is 2.66. The van der Waals surface area contributed by atoms with Crippen molar-refractivity contribution in [3.8, 4) is 5.75 Å². The number of methoxy groups -OCH3 is 1. The van der Waals surface area contributed by atoms with Crippen LogP contribution in [0, 0.1) is 34.5 Å². The van der Waals surface area contributed by atoms with Crippen molar-refractivity contribution in [1.29, 1.82) is 0 Å². The highest BCUT2D eigenvalue weighted by atomic mass is 16.5. The first kappa shape index (κ1) is 26.2. The predicted octanol–water partition coefficient (Wildman–Crippen LogP) is 6.51. The van der Waals surface area contributed by atoms with Gasteiger partial charge in [-0.3, -0.25) is 9.59 Å². The molecular formula is C34H42N2O3. The van der Waals surface area contributed by atoms with E-state index >= 15 is 0 Å². The molecule has 3 fully saturated rings. The molecule has 2 aromatic carbocycles. The number of rotatable bonds is 5. The van der Waals surface area contributed by atoms with E-state index in [2.05, 4.69) is 49.5 Å². The van der Waals surface area contributed by atoms with Gasteiger partial charge < -0.3 is 15.0 Å². The largest absolute Gasteiger partial charge is 0.497 e. The summed E-state index contributed by atoms with van der Waals surface area (Å²) in [7, 11) is 3.63. The van der Waals surface area contributed by atoms with Crippen molar-refractivity contribution < 1.29 is 14.3 Å². The quantitative estimate of drug-likeness (QED) is 0.483. The number of hydrogen-bond donors (Lipinski definition) is 1. The molecule has 4 aliphatic rings. The average molecular weight is 527 g/mol. The lowest BCUT2D eigenvalue weighted by molar-refractivity contribution is -0.138. The van der Waals surface area contributed by atoms with Crippen LogP contribution in [-0.4, -0.2) is 30.9 Å². The fourth-order valence-corrected chi connectivity index (χ4v) is 9.05. The molecule has 6 rings (SSSR count). The van der Waals surface area contributed by atoms with E-state index in [9.17, 15) is 9.59 Å². The second-order valence-corrected chi connectivity index (χ2v) is 12.9. The van der Waals surface area contributed by atoms with Gasteiger partial charge >= 0.3 is 0 Å². The number of ether oxygens (including phenoxy) is 1. The highest BCUT2D eigenvalue weighted by Gasteiger charge is 2.60.